The Morgan fingerprint density at radius 2 is 1.97 bits per heavy atom. The van der Waals surface area contributed by atoms with Gasteiger partial charge < -0.3 is 9.30 Å². The molecule has 0 bridgehead atoms. The second kappa shape index (κ2) is 9.36. The lowest BCUT2D eigenvalue weighted by atomic mass is 9.95. The molecule has 0 aliphatic heterocycles. The van der Waals surface area contributed by atoms with Crippen LogP contribution >= 0.6 is 22.9 Å². The largest absolute Gasteiger partial charge is 0.462 e. The van der Waals surface area contributed by atoms with Gasteiger partial charge in [-0.3, -0.25) is 0 Å². The fourth-order valence-corrected chi connectivity index (χ4v) is 5.95. The molecule has 0 unspecified atom stereocenters. The van der Waals surface area contributed by atoms with E-state index in [1.807, 2.05) is 39.0 Å². The number of hydrogen-bond acceptors (Lipinski definition) is 4. The van der Waals surface area contributed by atoms with Gasteiger partial charge in [0.2, 0.25) is 0 Å². The third kappa shape index (κ3) is 4.13. The quantitative estimate of drug-likeness (QED) is 0.304. The van der Waals surface area contributed by atoms with Gasteiger partial charge in [0.1, 0.15) is 5.00 Å². The van der Waals surface area contributed by atoms with Gasteiger partial charge in [-0.25, -0.2) is 4.79 Å². The summed E-state index contributed by atoms with van der Waals surface area (Å²) in [7, 11) is 0. The Morgan fingerprint density at radius 1 is 1.25 bits per heavy atom. The normalized spacial score (nSPS) is 13.5. The zero-order valence-electron chi connectivity index (χ0n) is 18.5. The van der Waals surface area contributed by atoms with Crippen LogP contribution in [0.15, 0.2) is 30.3 Å². The van der Waals surface area contributed by atoms with E-state index in [0.717, 1.165) is 58.8 Å². The molecule has 2 aromatic heterocycles. The number of nitrogens with zero attached hydrogens (tertiary/aromatic N) is 2. The summed E-state index contributed by atoms with van der Waals surface area (Å²) >= 11 is 7.70. The molecule has 0 radical (unpaired) electrons. The minimum absolute atomic E-state index is 0.245. The highest BCUT2D eigenvalue weighted by molar-refractivity contribution is 7.15. The number of benzene rings is 1. The van der Waals surface area contributed by atoms with Crippen LogP contribution in [-0.2, 0) is 17.6 Å². The number of aromatic nitrogens is 1. The number of hydrogen-bond donors (Lipinski definition) is 0. The summed E-state index contributed by atoms with van der Waals surface area (Å²) in [5.41, 5.74) is 6.22. The first-order chi connectivity index (χ1) is 15.4. The van der Waals surface area contributed by atoms with Crippen molar-refractivity contribution in [3.05, 3.63) is 73.9 Å². The second-order valence-electron chi connectivity index (χ2n) is 7.95. The number of ether oxygens (including phenoxy) is 1. The molecule has 0 saturated carbocycles. The van der Waals surface area contributed by atoms with E-state index in [4.69, 9.17) is 16.3 Å². The van der Waals surface area contributed by atoms with Crippen LogP contribution in [0, 0.1) is 25.2 Å². The molecule has 1 aliphatic rings. The summed E-state index contributed by atoms with van der Waals surface area (Å²) in [5, 5.41) is 11.3. The van der Waals surface area contributed by atoms with Crippen LogP contribution < -0.4 is 0 Å². The molecule has 0 N–H and O–H groups in total. The van der Waals surface area contributed by atoms with Crippen molar-refractivity contribution in [2.24, 2.45) is 0 Å². The second-order valence-corrected chi connectivity index (χ2v) is 9.47. The Bertz CT molecular complexity index is 1240. The van der Waals surface area contributed by atoms with Crippen LogP contribution in [-0.4, -0.2) is 17.1 Å². The lowest BCUT2D eigenvalue weighted by molar-refractivity contribution is 0.0525. The highest BCUT2D eigenvalue weighted by Gasteiger charge is 2.28. The van der Waals surface area contributed by atoms with E-state index in [9.17, 15) is 10.1 Å². The maximum Gasteiger partial charge on any atom is 0.341 e. The molecule has 0 amide bonds. The number of rotatable bonds is 5. The van der Waals surface area contributed by atoms with Gasteiger partial charge >= 0.3 is 5.97 Å². The number of aryl methyl sites for hydroxylation is 2. The average molecular weight is 465 g/mol. The van der Waals surface area contributed by atoms with Crippen LogP contribution in [0.1, 0.15) is 63.1 Å². The van der Waals surface area contributed by atoms with Crippen molar-refractivity contribution in [3.8, 4) is 11.1 Å². The van der Waals surface area contributed by atoms with Crippen LogP contribution in [0.25, 0.3) is 16.7 Å². The monoisotopic (exact) mass is 464 g/mol. The molecule has 2 heterocycles. The van der Waals surface area contributed by atoms with E-state index in [-0.39, 0.29) is 5.97 Å². The lowest BCUT2D eigenvalue weighted by Crippen LogP contribution is -2.12. The highest BCUT2D eigenvalue weighted by atomic mass is 35.5. The van der Waals surface area contributed by atoms with Crippen molar-refractivity contribution >= 4 is 40.6 Å². The Labute approximate surface area is 197 Å². The van der Waals surface area contributed by atoms with E-state index in [2.05, 4.69) is 16.7 Å². The van der Waals surface area contributed by atoms with Crippen LogP contribution in [0.2, 0.25) is 5.02 Å². The summed E-state index contributed by atoms with van der Waals surface area (Å²) in [4.78, 5) is 14.2. The third-order valence-corrected chi connectivity index (χ3v) is 7.41. The molecule has 1 aromatic carbocycles. The maximum absolute atomic E-state index is 12.9. The standard InChI is InChI=1S/C26H25ClN2O2S/c1-4-31-26(30)24-22-7-5-6-8-23(22)32-25(24)29-16(2)13-19(17(29)3)14-20(15-28)18-9-11-21(27)12-10-18/h9-14H,4-8H2,1-3H3/b20-14+. The first-order valence-electron chi connectivity index (χ1n) is 10.8. The van der Waals surface area contributed by atoms with Crippen LogP contribution in [0.4, 0.5) is 0 Å². The molecule has 0 saturated heterocycles. The smallest absolute Gasteiger partial charge is 0.341 e. The van der Waals surface area contributed by atoms with Gasteiger partial charge in [0.25, 0.3) is 0 Å². The number of nitriles is 1. The SMILES string of the molecule is CCOC(=O)c1c(-n2c(C)cc(/C=C(\C#N)c3ccc(Cl)cc3)c2C)sc2c1CCCC2. The number of carbonyl (C=O) groups excluding carboxylic acids is 1. The number of allylic oxidation sites excluding steroid dienone is 1. The number of halogens is 1. The molecule has 0 atom stereocenters. The summed E-state index contributed by atoms with van der Waals surface area (Å²) < 4.78 is 7.58. The van der Waals surface area contributed by atoms with Crippen LogP contribution in [0.3, 0.4) is 0 Å². The number of thiophene rings is 1. The zero-order chi connectivity index (χ0) is 22.8. The van der Waals surface area contributed by atoms with Crippen LogP contribution in [0.5, 0.6) is 0 Å². The first-order valence-corrected chi connectivity index (χ1v) is 12.0. The highest BCUT2D eigenvalue weighted by Crippen LogP contribution is 2.39. The molecule has 32 heavy (non-hydrogen) atoms. The molecule has 4 rings (SSSR count). The molecule has 6 heteroatoms. The fourth-order valence-electron chi connectivity index (χ4n) is 4.33. The molecule has 4 nitrogen and oxygen atoms in total. The van der Waals surface area contributed by atoms with E-state index in [1.54, 1.807) is 23.5 Å². The molecule has 0 fully saturated rings. The summed E-state index contributed by atoms with van der Waals surface area (Å²) in [6.45, 7) is 6.26. The predicted octanol–water partition coefficient (Wildman–Crippen LogP) is 6.93. The minimum Gasteiger partial charge on any atom is -0.462 e. The number of fused-ring (bicyclic) bond motifs is 1. The molecular formula is C26H25ClN2O2S. The topological polar surface area (TPSA) is 55.0 Å². The minimum atomic E-state index is -0.245. The predicted molar refractivity (Wildman–Crippen MR) is 131 cm³/mol. The van der Waals surface area contributed by atoms with Gasteiger partial charge in [-0.05, 0) is 87.4 Å². The van der Waals surface area contributed by atoms with Gasteiger partial charge in [-0.2, -0.15) is 5.26 Å². The van der Waals surface area contributed by atoms with Crippen molar-refractivity contribution in [3.63, 3.8) is 0 Å². The Kier molecular flexibility index (Phi) is 6.55. The molecule has 1 aliphatic carbocycles. The zero-order valence-corrected chi connectivity index (χ0v) is 20.1. The third-order valence-electron chi connectivity index (χ3n) is 5.88. The first kappa shape index (κ1) is 22.4. The Hall–Kier alpha value is -2.81. The number of carbonyl (C=O) groups is 1. The molecule has 3 aromatic rings. The van der Waals surface area contributed by atoms with Crippen molar-refractivity contribution in [1.29, 1.82) is 5.26 Å². The van der Waals surface area contributed by atoms with Crippen molar-refractivity contribution in [1.82, 2.24) is 4.57 Å². The Morgan fingerprint density at radius 3 is 2.66 bits per heavy atom. The van der Waals surface area contributed by atoms with E-state index < -0.39 is 0 Å². The molecule has 0 spiro atoms. The van der Waals surface area contributed by atoms with Crippen molar-refractivity contribution in [2.75, 3.05) is 6.61 Å². The van der Waals surface area contributed by atoms with Crippen molar-refractivity contribution in [2.45, 2.75) is 46.5 Å². The Balaban J connectivity index is 1.84. The van der Waals surface area contributed by atoms with Gasteiger partial charge in [0, 0.05) is 21.3 Å². The summed E-state index contributed by atoms with van der Waals surface area (Å²) in [6.07, 6.45) is 6.08. The summed E-state index contributed by atoms with van der Waals surface area (Å²) in [6, 6.07) is 11.6. The van der Waals surface area contributed by atoms with Gasteiger partial charge in [0.15, 0.2) is 0 Å². The maximum atomic E-state index is 12.9. The molecule has 164 valence electrons. The average Bonchev–Trinajstić information content (AvgIpc) is 3.29. The van der Waals surface area contributed by atoms with E-state index in [1.165, 1.54) is 4.88 Å². The number of esters is 1. The lowest BCUT2D eigenvalue weighted by Gasteiger charge is -2.13. The fraction of sp³-hybridized carbons (Fsp3) is 0.308. The van der Waals surface area contributed by atoms with E-state index in [0.29, 0.717) is 22.8 Å². The van der Waals surface area contributed by atoms with E-state index >= 15 is 0 Å². The van der Waals surface area contributed by atoms with Gasteiger partial charge in [-0.15, -0.1) is 11.3 Å². The van der Waals surface area contributed by atoms with Crippen molar-refractivity contribution < 1.29 is 9.53 Å². The summed E-state index contributed by atoms with van der Waals surface area (Å²) in [5.74, 6) is -0.245. The van der Waals surface area contributed by atoms with Gasteiger partial charge in [0.05, 0.1) is 23.8 Å². The van der Waals surface area contributed by atoms with Gasteiger partial charge in [-0.1, -0.05) is 23.7 Å². The molecular weight excluding hydrogens is 440 g/mol.